The van der Waals surface area contributed by atoms with Crippen molar-refractivity contribution in [2.24, 2.45) is 0 Å². The van der Waals surface area contributed by atoms with E-state index in [1.807, 2.05) is 37.8 Å². The number of amides is 2. The van der Waals surface area contributed by atoms with E-state index in [-0.39, 0.29) is 17.9 Å². The lowest BCUT2D eigenvalue weighted by atomic mass is 10.1. The monoisotopic (exact) mass is 386 g/mol. The lowest BCUT2D eigenvalue weighted by molar-refractivity contribution is -0.134. The molecular formula is C22H34N4O2. The summed E-state index contributed by atoms with van der Waals surface area (Å²) in [7, 11) is 0. The van der Waals surface area contributed by atoms with Crippen LogP contribution in [0.3, 0.4) is 0 Å². The maximum absolute atomic E-state index is 12.7. The molecule has 1 atom stereocenters. The van der Waals surface area contributed by atoms with Gasteiger partial charge in [-0.05, 0) is 57.2 Å². The first-order chi connectivity index (χ1) is 13.4. The number of hydrogen-bond acceptors (Lipinski definition) is 4. The lowest BCUT2D eigenvalue weighted by Crippen LogP contribution is -2.54. The van der Waals surface area contributed by atoms with Gasteiger partial charge in [0, 0.05) is 45.0 Å². The van der Waals surface area contributed by atoms with Crippen LogP contribution in [-0.4, -0.2) is 78.4 Å². The van der Waals surface area contributed by atoms with Gasteiger partial charge in [-0.3, -0.25) is 19.4 Å². The van der Waals surface area contributed by atoms with Crippen molar-refractivity contribution >= 4 is 17.5 Å². The molecule has 2 amide bonds. The van der Waals surface area contributed by atoms with Crippen molar-refractivity contribution in [1.29, 1.82) is 0 Å². The Kier molecular flexibility index (Phi) is 7.08. The van der Waals surface area contributed by atoms with E-state index in [1.165, 1.54) is 6.42 Å². The molecule has 2 aliphatic heterocycles. The van der Waals surface area contributed by atoms with Crippen molar-refractivity contribution in [3.8, 4) is 0 Å². The number of carbonyl (C=O) groups excluding carboxylic acids is 2. The minimum Gasteiger partial charge on any atom is -0.342 e. The first kappa shape index (κ1) is 20.8. The minimum absolute atomic E-state index is 0.0338. The van der Waals surface area contributed by atoms with Gasteiger partial charge in [-0.1, -0.05) is 12.1 Å². The number of piperazine rings is 1. The summed E-state index contributed by atoms with van der Waals surface area (Å²) >= 11 is 0. The fraction of sp³-hybridized carbons (Fsp3) is 0.636. The summed E-state index contributed by atoms with van der Waals surface area (Å²) in [6.07, 6.45) is 3.50. The number of rotatable bonds is 5. The van der Waals surface area contributed by atoms with Crippen LogP contribution < -0.4 is 5.32 Å². The number of anilines is 1. The van der Waals surface area contributed by atoms with Crippen LogP contribution >= 0.6 is 0 Å². The van der Waals surface area contributed by atoms with Gasteiger partial charge in [0.05, 0.1) is 12.6 Å². The Balaban J connectivity index is 1.46. The Bertz CT molecular complexity index is 692. The van der Waals surface area contributed by atoms with Crippen LogP contribution in [0, 0.1) is 13.8 Å². The predicted octanol–water partition coefficient (Wildman–Crippen LogP) is 2.26. The summed E-state index contributed by atoms with van der Waals surface area (Å²) < 4.78 is 0. The van der Waals surface area contributed by atoms with Crippen molar-refractivity contribution < 1.29 is 9.59 Å². The highest BCUT2D eigenvalue weighted by molar-refractivity contribution is 5.95. The second-order valence-corrected chi connectivity index (χ2v) is 8.24. The average molecular weight is 387 g/mol. The van der Waals surface area contributed by atoms with E-state index in [1.54, 1.807) is 0 Å². The van der Waals surface area contributed by atoms with Crippen molar-refractivity contribution in [2.75, 3.05) is 51.1 Å². The summed E-state index contributed by atoms with van der Waals surface area (Å²) in [5.41, 5.74) is 3.11. The molecule has 0 aliphatic carbocycles. The molecule has 2 fully saturated rings. The number of benzene rings is 1. The average Bonchev–Trinajstić information content (AvgIpc) is 2.71. The third-order valence-electron chi connectivity index (χ3n) is 6.05. The molecule has 2 aliphatic rings. The molecule has 2 saturated heterocycles. The first-order valence-electron chi connectivity index (χ1n) is 10.6. The summed E-state index contributed by atoms with van der Waals surface area (Å²) in [6.45, 7) is 11.6. The smallest absolute Gasteiger partial charge is 0.241 e. The van der Waals surface area contributed by atoms with E-state index in [9.17, 15) is 9.59 Å². The number of carbonyl (C=O) groups is 2. The van der Waals surface area contributed by atoms with E-state index in [4.69, 9.17) is 0 Å². The van der Waals surface area contributed by atoms with Crippen molar-refractivity contribution in [3.05, 3.63) is 29.3 Å². The Morgan fingerprint density at radius 3 is 2.36 bits per heavy atom. The molecule has 1 aromatic rings. The number of likely N-dealkylation sites (tertiary alicyclic amines) is 1. The fourth-order valence-corrected chi connectivity index (χ4v) is 4.02. The largest absolute Gasteiger partial charge is 0.342 e. The molecule has 1 aromatic carbocycles. The highest BCUT2D eigenvalue weighted by Crippen LogP contribution is 2.18. The van der Waals surface area contributed by atoms with Crippen molar-refractivity contribution in [3.63, 3.8) is 0 Å². The highest BCUT2D eigenvalue weighted by Gasteiger charge is 2.27. The Morgan fingerprint density at radius 2 is 1.68 bits per heavy atom. The Morgan fingerprint density at radius 1 is 1.00 bits per heavy atom. The molecule has 1 unspecified atom stereocenters. The third-order valence-corrected chi connectivity index (χ3v) is 6.05. The first-order valence-corrected chi connectivity index (χ1v) is 10.6. The summed E-state index contributed by atoms with van der Waals surface area (Å²) in [5, 5.41) is 3.08. The second-order valence-electron chi connectivity index (χ2n) is 8.24. The maximum Gasteiger partial charge on any atom is 0.241 e. The summed E-state index contributed by atoms with van der Waals surface area (Å²) in [5.74, 6) is 0.292. The molecule has 6 nitrogen and oxygen atoms in total. The summed E-state index contributed by atoms with van der Waals surface area (Å²) in [4.78, 5) is 31.6. The molecule has 0 aromatic heterocycles. The zero-order valence-corrected chi connectivity index (χ0v) is 17.5. The van der Waals surface area contributed by atoms with Crippen LogP contribution in [0.4, 0.5) is 5.69 Å². The number of nitrogens with zero attached hydrogens (tertiary/aromatic N) is 3. The zero-order valence-electron chi connectivity index (χ0n) is 17.5. The normalized spacial score (nSPS) is 20.0. The van der Waals surface area contributed by atoms with Gasteiger partial charge in [0.15, 0.2) is 0 Å². The van der Waals surface area contributed by atoms with Gasteiger partial charge in [-0.25, -0.2) is 0 Å². The molecule has 154 valence electrons. The van der Waals surface area contributed by atoms with E-state index in [0.717, 1.165) is 68.9 Å². The standard InChI is InChI=1S/C22H34N4O2/c1-17-7-8-18(2)20(15-17)23-22(28)19(3)25-13-11-24(12-14-25)16-21(27)26-9-5-4-6-10-26/h7-8,15,19H,4-6,9-14,16H2,1-3H3,(H,23,28). The van der Waals surface area contributed by atoms with Gasteiger partial charge in [0.2, 0.25) is 11.8 Å². The highest BCUT2D eigenvalue weighted by atomic mass is 16.2. The van der Waals surface area contributed by atoms with Crippen molar-refractivity contribution in [2.45, 2.75) is 46.1 Å². The van der Waals surface area contributed by atoms with Crippen LogP contribution in [0.15, 0.2) is 18.2 Å². The molecule has 0 spiro atoms. The van der Waals surface area contributed by atoms with Crippen LogP contribution in [0.25, 0.3) is 0 Å². The molecule has 1 N–H and O–H groups in total. The van der Waals surface area contributed by atoms with E-state index >= 15 is 0 Å². The van der Waals surface area contributed by atoms with E-state index in [0.29, 0.717) is 6.54 Å². The minimum atomic E-state index is -0.181. The van der Waals surface area contributed by atoms with Gasteiger partial charge in [0.1, 0.15) is 0 Å². The van der Waals surface area contributed by atoms with Crippen LogP contribution in [0.2, 0.25) is 0 Å². The van der Waals surface area contributed by atoms with Gasteiger partial charge in [-0.2, -0.15) is 0 Å². The van der Waals surface area contributed by atoms with Crippen LogP contribution in [-0.2, 0) is 9.59 Å². The zero-order chi connectivity index (χ0) is 20.1. The number of aryl methyl sites for hydroxylation is 2. The SMILES string of the molecule is Cc1ccc(C)c(NC(=O)C(C)N2CCN(CC(=O)N3CCCCC3)CC2)c1. The number of nitrogens with one attached hydrogen (secondary N) is 1. The van der Waals surface area contributed by atoms with Gasteiger partial charge in [-0.15, -0.1) is 0 Å². The maximum atomic E-state index is 12.7. The van der Waals surface area contributed by atoms with Gasteiger partial charge in [0.25, 0.3) is 0 Å². The number of hydrogen-bond donors (Lipinski definition) is 1. The fourth-order valence-electron chi connectivity index (χ4n) is 4.02. The molecular weight excluding hydrogens is 352 g/mol. The topological polar surface area (TPSA) is 55.9 Å². The van der Waals surface area contributed by atoms with E-state index < -0.39 is 0 Å². The molecule has 28 heavy (non-hydrogen) atoms. The van der Waals surface area contributed by atoms with Gasteiger partial charge < -0.3 is 10.2 Å². The quantitative estimate of drug-likeness (QED) is 0.843. The molecule has 0 bridgehead atoms. The predicted molar refractivity (Wildman–Crippen MR) is 112 cm³/mol. The Hall–Kier alpha value is -1.92. The van der Waals surface area contributed by atoms with E-state index in [2.05, 4.69) is 21.2 Å². The molecule has 2 heterocycles. The van der Waals surface area contributed by atoms with Gasteiger partial charge >= 0.3 is 0 Å². The third kappa shape index (κ3) is 5.32. The molecule has 3 rings (SSSR count). The van der Waals surface area contributed by atoms with Crippen molar-refractivity contribution in [1.82, 2.24) is 14.7 Å². The molecule has 0 saturated carbocycles. The summed E-state index contributed by atoms with van der Waals surface area (Å²) in [6, 6.07) is 5.93. The van der Waals surface area contributed by atoms with Crippen LogP contribution in [0.5, 0.6) is 0 Å². The lowest BCUT2D eigenvalue weighted by Gasteiger charge is -2.38. The second kappa shape index (κ2) is 9.52. The van der Waals surface area contributed by atoms with Crippen LogP contribution in [0.1, 0.15) is 37.3 Å². The Labute approximate surface area is 168 Å². The molecule has 6 heteroatoms. The molecule has 0 radical (unpaired) electrons. The number of piperidine rings is 1.